The van der Waals surface area contributed by atoms with Crippen molar-refractivity contribution in [2.45, 2.75) is 25.3 Å². The number of urea groups is 1. The molecule has 3 amide bonds. The number of likely N-dealkylation sites (tertiary alicyclic amines) is 1. The average molecular weight is 396 g/mol. The highest BCUT2D eigenvalue weighted by molar-refractivity contribution is 6.07. The molecule has 152 valence electrons. The van der Waals surface area contributed by atoms with Gasteiger partial charge in [-0.15, -0.1) is 0 Å². The molecule has 2 N–H and O–H groups in total. The fourth-order valence-electron chi connectivity index (χ4n) is 4.35. The van der Waals surface area contributed by atoms with Gasteiger partial charge in [-0.2, -0.15) is 0 Å². The lowest BCUT2D eigenvalue weighted by Gasteiger charge is -2.30. The van der Waals surface area contributed by atoms with Crippen LogP contribution in [0, 0.1) is 5.92 Å². The first-order valence-corrected chi connectivity index (χ1v) is 9.97. The molecule has 1 atom stereocenters. The number of ether oxygens (including phenoxy) is 1. The molecule has 0 bridgehead atoms. The summed E-state index contributed by atoms with van der Waals surface area (Å²) in [5.41, 5.74) is -0.304. The summed E-state index contributed by atoms with van der Waals surface area (Å²) >= 11 is 0. The molecule has 2 fully saturated rings. The Morgan fingerprint density at radius 1 is 1.17 bits per heavy atom. The van der Waals surface area contributed by atoms with Gasteiger partial charge < -0.3 is 15.0 Å². The first kappa shape index (κ1) is 19.4. The summed E-state index contributed by atoms with van der Waals surface area (Å²) < 4.78 is 4.82. The number of carbonyl (C=O) groups excluding carboxylic acids is 3. The Labute approximate surface area is 169 Å². The molecular formula is C22H26N3O4+. The third-order valence-corrected chi connectivity index (χ3v) is 6.21. The highest BCUT2D eigenvalue weighted by atomic mass is 16.5. The van der Waals surface area contributed by atoms with Gasteiger partial charge in [0.15, 0.2) is 6.67 Å². The van der Waals surface area contributed by atoms with Crippen LogP contribution in [0.1, 0.15) is 25.3 Å². The number of amides is 3. The Morgan fingerprint density at radius 2 is 1.86 bits per heavy atom. The zero-order valence-electron chi connectivity index (χ0n) is 16.7. The number of rotatable bonds is 4. The van der Waals surface area contributed by atoms with Crippen LogP contribution >= 0.6 is 0 Å². The predicted octanol–water partition coefficient (Wildman–Crippen LogP) is 1.03. The van der Waals surface area contributed by atoms with Gasteiger partial charge in [0.2, 0.25) is 0 Å². The van der Waals surface area contributed by atoms with Crippen LogP contribution in [0.5, 0.6) is 0 Å². The molecule has 7 heteroatoms. The van der Waals surface area contributed by atoms with Gasteiger partial charge in [0.25, 0.3) is 5.91 Å². The van der Waals surface area contributed by atoms with Crippen molar-refractivity contribution in [2.75, 3.05) is 26.9 Å². The second-order valence-corrected chi connectivity index (χ2v) is 8.06. The molecule has 0 aliphatic carbocycles. The SMILES string of the molecule is COC(=O)C1CC[NH+](CN2C(=O)N[C@](C)(c3ccc4ccccc4c3)C2=O)CC1. The number of esters is 1. The summed E-state index contributed by atoms with van der Waals surface area (Å²) in [6.45, 7) is 3.52. The monoisotopic (exact) mass is 396 g/mol. The molecule has 2 aromatic carbocycles. The van der Waals surface area contributed by atoms with Crippen molar-refractivity contribution in [1.29, 1.82) is 0 Å². The fourth-order valence-corrected chi connectivity index (χ4v) is 4.35. The van der Waals surface area contributed by atoms with Gasteiger partial charge in [-0.25, -0.2) is 9.69 Å². The molecule has 0 saturated carbocycles. The van der Waals surface area contributed by atoms with E-state index in [2.05, 4.69) is 5.32 Å². The third kappa shape index (κ3) is 3.46. The minimum absolute atomic E-state index is 0.0882. The topological polar surface area (TPSA) is 80.2 Å². The van der Waals surface area contributed by atoms with E-state index in [0.29, 0.717) is 19.5 Å². The lowest BCUT2D eigenvalue weighted by Crippen LogP contribution is -3.14. The third-order valence-electron chi connectivity index (χ3n) is 6.21. The maximum absolute atomic E-state index is 13.2. The van der Waals surface area contributed by atoms with E-state index in [1.165, 1.54) is 12.0 Å². The summed E-state index contributed by atoms with van der Waals surface area (Å²) in [7, 11) is 1.41. The maximum Gasteiger partial charge on any atom is 0.329 e. The van der Waals surface area contributed by atoms with Crippen LogP contribution in [0.4, 0.5) is 4.79 Å². The van der Waals surface area contributed by atoms with Crippen LogP contribution in [0.15, 0.2) is 42.5 Å². The zero-order chi connectivity index (χ0) is 20.6. The molecule has 2 aliphatic rings. The quantitative estimate of drug-likeness (QED) is 0.598. The number of benzene rings is 2. The van der Waals surface area contributed by atoms with Crippen LogP contribution in [-0.4, -0.2) is 49.7 Å². The van der Waals surface area contributed by atoms with Crippen molar-refractivity contribution in [3.63, 3.8) is 0 Å². The Bertz CT molecular complexity index is 967. The molecule has 7 nitrogen and oxygen atoms in total. The lowest BCUT2D eigenvalue weighted by atomic mass is 9.90. The molecule has 2 heterocycles. The number of imide groups is 1. The van der Waals surface area contributed by atoms with Crippen LogP contribution in [0.3, 0.4) is 0 Å². The van der Waals surface area contributed by atoms with E-state index in [1.54, 1.807) is 6.92 Å². The number of methoxy groups -OCH3 is 1. The first-order valence-electron chi connectivity index (χ1n) is 9.97. The van der Waals surface area contributed by atoms with E-state index in [1.807, 2.05) is 42.5 Å². The normalized spacial score (nSPS) is 27.2. The van der Waals surface area contributed by atoms with Gasteiger partial charge >= 0.3 is 12.0 Å². The summed E-state index contributed by atoms with van der Waals surface area (Å²) in [5, 5.41) is 5.01. The molecule has 0 spiro atoms. The largest absolute Gasteiger partial charge is 0.469 e. The van der Waals surface area contributed by atoms with E-state index < -0.39 is 5.54 Å². The van der Waals surface area contributed by atoms with Crippen molar-refractivity contribution in [3.8, 4) is 0 Å². The minimum Gasteiger partial charge on any atom is -0.469 e. The summed E-state index contributed by atoms with van der Waals surface area (Å²) in [6.07, 6.45) is 1.40. The summed E-state index contributed by atoms with van der Waals surface area (Å²) in [4.78, 5) is 40.0. The van der Waals surface area contributed by atoms with Crippen LogP contribution in [0.25, 0.3) is 10.8 Å². The number of nitrogens with one attached hydrogen (secondary N) is 2. The van der Waals surface area contributed by atoms with Crippen molar-refractivity contribution in [2.24, 2.45) is 5.92 Å². The number of hydrogen-bond donors (Lipinski definition) is 2. The minimum atomic E-state index is -1.08. The fraction of sp³-hybridized carbons (Fsp3) is 0.409. The average Bonchev–Trinajstić information content (AvgIpc) is 2.97. The van der Waals surface area contributed by atoms with E-state index in [9.17, 15) is 14.4 Å². The zero-order valence-corrected chi connectivity index (χ0v) is 16.7. The van der Waals surface area contributed by atoms with E-state index >= 15 is 0 Å². The Morgan fingerprint density at radius 3 is 2.55 bits per heavy atom. The van der Waals surface area contributed by atoms with Crippen molar-refractivity contribution >= 4 is 28.7 Å². The lowest BCUT2D eigenvalue weighted by molar-refractivity contribution is -0.913. The predicted molar refractivity (Wildman–Crippen MR) is 107 cm³/mol. The molecule has 0 unspecified atom stereocenters. The molecule has 2 aliphatic heterocycles. The van der Waals surface area contributed by atoms with Crippen LogP contribution in [-0.2, 0) is 19.9 Å². The number of nitrogens with zero attached hydrogens (tertiary/aromatic N) is 1. The van der Waals surface area contributed by atoms with Gasteiger partial charge in [0, 0.05) is 12.8 Å². The van der Waals surface area contributed by atoms with Crippen molar-refractivity contribution < 1.29 is 24.0 Å². The molecular weight excluding hydrogens is 370 g/mol. The van der Waals surface area contributed by atoms with Gasteiger partial charge in [0.1, 0.15) is 5.54 Å². The highest BCUT2D eigenvalue weighted by Crippen LogP contribution is 2.30. The second kappa shape index (κ2) is 7.48. The Balaban J connectivity index is 1.49. The van der Waals surface area contributed by atoms with E-state index in [-0.39, 0.29) is 23.8 Å². The molecule has 2 aromatic rings. The molecule has 2 saturated heterocycles. The van der Waals surface area contributed by atoms with Crippen molar-refractivity contribution in [1.82, 2.24) is 10.2 Å². The summed E-state index contributed by atoms with van der Waals surface area (Å²) in [5.74, 6) is -0.502. The Kier molecular flexibility index (Phi) is 5.00. The van der Waals surface area contributed by atoms with Gasteiger partial charge in [-0.1, -0.05) is 36.4 Å². The van der Waals surface area contributed by atoms with Crippen LogP contribution < -0.4 is 10.2 Å². The molecule has 29 heavy (non-hydrogen) atoms. The number of quaternary nitrogens is 1. The van der Waals surface area contributed by atoms with Crippen molar-refractivity contribution in [3.05, 3.63) is 48.0 Å². The number of fused-ring (bicyclic) bond motifs is 1. The standard InChI is InChI=1S/C22H25N3O4/c1-22(18-8-7-15-5-3-4-6-17(15)13-18)20(27)25(21(28)23-22)14-24-11-9-16(10-12-24)19(26)29-2/h3-8,13,16H,9-12,14H2,1-2H3,(H,23,28)/p+1/t22-/m1/s1. The smallest absolute Gasteiger partial charge is 0.329 e. The molecule has 0 radical (unpaired) electrons. The Hall–Kier alpha value is -2.93. The maximum atomic E-state index is 13.2. The highest BCUT2D eigenvalue weighted by Gasteiger charge is 2.50. The number of hydrogen-bond acceptors (Lipinski definition) is 4. The number of piperidine rings is 1. The van der Waals surface area contributed by atoms with E-state index in [4.69, 9.17) is 4.74 Å². The van der Waals surface area contributed by atoms with Gasteiger partial charge in [-0.3, -0.25) is 9.59 Å². The first-order chi connectivity index (χ1) is 13.9. The summed E-state index contributed by atoms with van der Waals surface area (Å²) in [6, 6.07) is 13.4. The van der Waals surface area contributed by atoms with Gasteiger partial charge in [-0.05, 0) is 29.3 Å². The molecule has 0 aromatic heterocycles. The molecule has 4 rings (SSSR count). The second-order valence-electron chi connectivity index (χ2n) is 8.06. The van der Waals surface area contributed by atoms with E-state index in [0.717, 1.165) is 34.3 Å². The van der Waals surface area contributed by atoms with Gasteiger partial charge in [0.05, 0.1) is 26.1 Å². The van der Waals surface area contributed by atoms with Crippen LogP contribution in [0.2, 0.25) is 0 Å². The number of carbonyl (C=O) groups is 3.